The van der Waals surface area contributed by atoms with Crippen LogP contribution in [0.4, 0.5) is 0 Å². The number of amides is 2. The van der Waals surface area contributed by atoms with Gasteiger partial charge in [0.2, 0.25) is 5.91 Å². The zero-order valence-corrected chi connectivity index (χ0v) is 15.8. The second kappa shape index (κ2) is 8.99. The number of hydrogen-bond acceptors (Lipinski definition) is 5. The summed E-state index contributed by atoms with van der Waals surface area (Å²) in [5.74, 6) is 0.0111. The van der Waals surface area contributed by atoms with Crippen LogP contribution < -0.4 is 15.8 Å². The Morgan fingerprint density at radius 1 is 1.03 bits per heavy atom. The lowest BCUT2D eigenvalue weighted by Gasteiger charge is -2.12. The van der Waals surface area contributed by atoms with Crippen molar-refractivity contribution >= 4 is 11.8 Å². The molecular weight excluding hydrogens is 370 g/mol. The number of primary amides is 1. The molecule has 7 nitrogen and oxygen atoms in total. The highest BCUT2D eigenvalue weighted by Crippen LogP contribution is 2.25. The molecule has 1 atom stereocenters. The number of pyridine rings is 1. The van der Waals surface area contributed by atoms with Gasteiger partial charge in [-0.05, 0) is 55.5 Å². The van der Waals surface area contributed by atoms with Gasteiger partial charge in [0.15, 0.2) is 0 Å². The van der Waals surface area contributed by atoms with E-state index < -0.39 is 24.5 Å². The van der Waals surface area contributed by atoms with Crippen molar-refractivity contribution in [3.05, 3.63) is 78.0 Å². The van der Waals surface area contributed by atoms with E-state index in [4.69, 9.17) is 15.6 Å². The summed E-state index contributed by atoms with van der Waals surface area (Å²) in [4.78, 5) is 27.8. The van der Waals surface area contributed by atoms with Gasteiger partial charge in [0.25, 0.3) is 5.91 Å². The molecule has 3 aromatic rings. The molecule has 0 aliphatic heterocycles. The summed E-state index contributed by atoms with van der Waals surface area (Å²) in [7, 11) is 0. The normalized spacial score (nSPS) is 11.5. The second-order valence-corrected chi connectivity index (χ2v) is 6.46. The van der Waals surface area contributed by atoms with Crippen LogP contribution in [0.2, 0.25) is 0 Å². The molecule has 0 unspecified atom stereocenters. The van der Waals surface area contributed by atoms with Crippen LogP contribution in [-0.4, -0.2) is 34.6 Å². The molecule has 0 saturated heterocycles. The van der Waals surface area contributed by atoms with Crippen LogP contribution in [-0.2, 0) is 4.79 Å². The summed E-state index contributed by atoms with van der Waals surface area (Å²) in [6.45, 7) is 1.43. The zero-order chi connectivity index (χ0) is 20.8. The van der Waals surface area contributed by atoms with Gasteiger partial charge in [0.05, 0.1) is 12.3 Å². The number of aryl methyl sites for hydroxylation is 1. The first kappa shape index (κ1) is 20.0. The first-order chi connectivity index (χ1) is 14.0. The summed E-state index contributed by atoms with van der Waals surface area (Å²) in [6.07, 6.45) is 0. The van der Waals surface area contributed by atoms with Crippen LogP contribution in [0.5, 0.6) is 11.5 Å². The number of nitrogens with one attached hydrogen (secondary N) is 1. The number of ether oxygens (including phenoxy) is 1. The first-order valence-corrected chi connectivity index (χ1v) is 8.99. The molecule has 2 amide bonds. The zero-order valence-electron chi connectivity index (χ0n) is 15.8. The van der Waals surface area contributed by atoms with Crippen molar-refractivity contribution in [3.63, 3.8) is 0 Å². The molecule has 0 bridgehead atoms. The van der Waals surface area contributed by atoms with Crippen LogP contribution in [0.15, 0.2) is 66.7 Å². The Morgan fingerprint density at radius 3 is 2.24 bits per heavy atom. The SMILES string of the molecule is Cc1ccc(Oc2ccc(-c3cccc(C(=O)N[C@@H](CO)C(N)=O)n3)cc2)cc1. The van der Waals surface area contributed by atoms with Crippen LogP contribution in [0.1, 0.15) is 16.1 Å². The molecule has 1 aromatic heterocycles. The molecule has 0 saturated carbocycles. The third kappa shape index (κ3) is 5.18. The third-order valence-electron chi connectivity index (χ3n) is 4.22. The van der Waals surface area contributed by atoms with Gasteiger partial charge in [-0.25, -0.2) is 4.98 Å². The highest BCUT2D eigenvalue weighted by atomic mass is 16.5. The van der Waals surface area contributed by atoms with Gasteiger partial charge < -0.3 is 20.9 Å². The number of hydrogen-bond donors (Lipinski definition) is 3. The smallest absolute Gasteiger partial charge is 0.270 e. The summed E-state index contributed by atoms with van der Waals surface area (Å²) in [6, 6.07) is 18.9. The van der Waals surface area contributed by atoms with E-state index in [1.807, 2.05) is 55.5 Å². The number of carbonyl (C=O) groups is 2. The minimum absolute atomic E-state index is 0.113. The fourth-order valence-electron chi connectivity index (χ4n) is 2.60. The minimum atomic E-state index is -1.16. The van der Waals surface area contributed by atoms with Crippen molar-refractivity contribution in [2.24, 2.45) is 5.73 Å². The second-order valence-electron chi connectivity index (χ2n) is 6.46. The van der Waals surface area contributed by atoms with Gasteiger partial charge in [-0.3, -0.25) is 9.59 Å². The molecule has 0 aliphatic rings. The fourth-order valence-corrected chi connectivity index (χ4v) is 2.60. The fraction of sp³-hybridized carbons (Fsp3) is 0.136. The Balaban J connectivity index is 1.73. The van der Waals surface area contributed by atoms with E-state index in [0.29, 0.717) is 11.4 Å². The molecule has 0 spiro atoms. The van der Waals surface area contributed by atoms with Crippen molar-refractivity contribution in [3.8, 4) is 22.8 Å². The molecule has 7 heteroatoms. The topological polar surface area (TPSA) is 115 Å². The van der Waals surface area contributed by atoms with Crippen molar-refractivity contribution in [2.75, 3.05) is 6.61 Å². The third-order valence-corrected chi connectivity index (χ3v) is 4.22. The molecular formula is C22H21N3O4. The molecule has 0 fully saturated rings. The Morgan fingerprint density at radius 2 is 1.66 bits per heavy atom. The van der Waals surface area contributed by atoms with E-state index in [1.165, 1.54) is 6.07 Å². The number of benzene rings is 2. The first-order valence-electron chi connectivity index (χ1n) is 8.99. The van der Waals surface area contributed by atoms with Gasteiger partial charge in [-0.1, -0.05) is 23.8 Å². The maximum atomic E-state index is 12.3. The molecule has 29 heavy (non-hydrogen) atoms. The van der Waals surface area contributed by atoms with E-state index >= 15 is 0 Å². The number of aliphatic hydroxyl groups is 1. The number of rotatable bonds is 7. The predicted molar refractivity (Wildman–Crippen MR) is 108 cm³/mol. The highest BCUT2D eigenvalue weighted by Gasteiger charge is 2.18. The quantitative estimate of drug-likeness (QED) is 0.572. The maximum Gasteiger partial charge on any atom is 0.270 e. The number of aromatic nitrogens is 1. The summed E-state index contributed by atoms with van der Waals surface area (Å²) in [5, 5.41) is 11.5. The lowest BCUT2D eigenvalue weighted by Crippen LogP contribution is -2.47. The Hall–Kier alpha value is -3.71. The van der Waals surface area contributed by atoms with Crippen LogP contribution in [0, 0.1) is 6.92 Å². The molecule has 148 valence electrons. The minimum Gasteiger partial charge on any atom is -0.457 e. The summed E-state index contributed by atoms with van der Waals surface area (Å²) >= 11 is 0. The van der Waals surface area contributed by atoms with Crippen LogP contribution in [0.3, 0.4) is 0 Å². The van der Waals surface area contributed by atoms with E-state index in [2.05, 4.69) is 10.3 Å². The molecule has 0 radical (unpaired) electrons. The summed E-state index contributed by atoms with van der Waals surface area (Å²) < 4.78 is 5.81. The predicted octanol–water partition coefficient (Wildman–Crippen LogP) is 2.43. The van der Waals surface area contributed by atoms with E-state index in [9.17, 15) is 9.59 Å². The molecule has 4 N–H and O–H groups in total. The number of nitrogens with zero attached hydrogens (tertiary/aromatic N) is 1. The molecule has 3 rings (SSSR count). The van der Waals surface area contributed by atoms with Crippen LogP contribution >= 0.6 is 0 Å². The number of carbonyl (C=O) groups excluding carboxylic acids is 2. The van der Waals surface area contributed by atoms with E-state index in [1.54, 1.807) is 12.1 Å². The Labute approximate surface area is 168 Å². The van der Waals surface area contributed by atoms with Crippen molar-refractivity contribution in [1.82, 2.24) is 10.3 Å². The molecule has 0 aliphatic carbocycles. The van der Waals surface area contributed by atoms with Gasteiger partial charge in [0, 0.05) is 5.56 Å². The lowest BCUT2D eigenvalue weighted by molar-refractivity contribution is -0.120. The Bertz CT molecular complexity index is 1000. The van der Waals surface area contributed by atoms with Crippen molar-refractivity contribution in [1.29, 1.82) is 0 Å². The maximum absolute atomic E-state index is 12.3. The average Bonchev–Trinajstić information content (AvgIpc) is 2.74. The number of aliphatic hydroxyl groups excluding tert-OH is 1. The molecule has 1 heterocycles. The van der Waals surface area contributed by atoms with Gasteiger partial charge in [-0.2, -0.15) is 0 Å². The monoisotopic (exact) mass is 391 g/mol. The van der Waals surface area contributed by atoms with Crippen molar-refractivity contribution < 1.29 is 19.4 Å². The van der Waals surface area contributed by atoms with Gasteiger partial charge in [-0.15, -0.1) is 0 Å². The molecule has 2 aromatic carbocycles. The average molecular weight is 391 g/mol. The number of nitrogens with two attached hydrogens (primary N) is 1. The van der Waals surface area contributed by atoms with Crippen molar-refractivity contribution in [2.45, 2.75) is 13.0 Å². The van der Waals surface area contributed by atoms with E-state index in [-0.39, 0.29) is 5.69 Å². The lowest BCUT2D eigenvalue weighted by atomic mass is 10.1. The summed E-state index contributed by atoms with van der Waals surface area (Å²) in [5.41, 5.74) is 7.77. The Kier molecular flexibility index (Phi) is 6.21. The standard InChI is InChI=1S/C22H21N3O4/c1-14-5-9-16(10-6-14)29-17-11-7-15(8-12-17)18-3-2-4-19(24-18)22(28)25-20(13-26)21(23)27/h2-12,20,26H,13H2,1H3,(H2,23,27)(H,25,28)/t20-/m0/s1. The van der Waals surface area contributed by atoms with E-state index in [0.717, 1.165) is 16.9 Å². The largest absolute Gasteiger partial charge is 0.457 e. The van der Waals surface area contributed by atoms with Crippen LogP contribution in [0.25, 0.3) is 11.3 Å². The van der Waals surface area contributed by atoms with Gasteiger partial charge >= 0.3 is 0 Å². The highest BCUT2D eigenvalue weighted by molar-refractivity contribution is 5.96. The van der Waals surface area contributed by atoms with Gasteiger partial charge in [0.1, 0.15) is 23.2 Å².